The van der Waals surface area contributed by atoms with Crippen LogP contribution in [0.25, 0.3) is 6.08 Å². The third-order valence-electron chi connectivity index (χ3n) is 2.07. The van der Waals surface area contributed by atoms with Gasteiger partial charge in [0, 0.05) is 14.0 Å². The van der Waals surface area contributed by atoms with Crippen LogP contribution in [0.5, 0.6) is 0 Å². The van der Waals surface area contributed by atoms with Crippen LogP contribution in [0.1, 0.15) is 15.2 Å². The van der Waals surface area contributed by atoms with E-state index in [1.807, 2.05) is 47.9 Å². The van der Waals surface area contributed by atoms with E-state index in [-0.39, 0.29) is 5.78 Å². The molecule has 0 fully saturated rings. The lowest BCUT2D eigenvalue weighted by Crippen LogP contribution is -1.93. The molecular weight excluding hydrogens is 331 g/mol. The molecule has 0 aliphatic carbocycles. The van der Waals surface area contributed by atoms with E-state index < -0.39 is 0 Å². The second-order valence-corrected chi connectivity index (χ2v) is 5.44. The number of allylic oxidation sites excluding steroid dienone is 1. The molecule has 0 unspecified atom stereocenters. The zero-order chi connectivity index (χ0) is 11.4. The number of ketones is 1. The van der Waals surface area contributed by atoms with E-state index in [1.54, 1.807) is 17.4 Å². The number of carbonyl (C=O) groups excluding carboxylic acids is 1. The number of benzene rings is 1. The van der Waals surface area contributed by atoms with Gasteiger partial charge in [-0.25, -0.2) is 0 Å². The van der Waals surface area contributed by atoms with Crippen molar-refractivity contribution in [3.8, 4) is 0 Å². The van der Waals surface area contributed by atoms with Crippen molar-refractivity contribution in [1.29, 1.82) is 0 Å². The smallest absolute Gasteiger partial charge is 0.185 e. The van der Waals surface area contributed by atoms with E-state index in [0.717, 1.165) is 14.0 Å². The minimum Gasteiger partial charge on any atom is -0.289 e. The number of halogens is 1. The second kappa shape index (κ2) is 5.41. The molecule has 0 saturated carbocycles. The molecular formula is C13H9IOS. The molecule has 0 N–H and O–H groups in total. The molecule has 0 bridgehead atoms. The molecule has 0 amide bonds. The van der Waals surface area contributed by atoms with E-state index >= 15 is 0 Å². The van der Waals surface area contributed by atoms with Gasteiger partial charge in [-0.1, -0.05) is 18.2 Å². The van der Waals surface area contributed by atoms with Crippen LogP contribution in [0, 0.1) is 3.57 Å². The zero-order valence-corrected chi connectivity index (χ0v) is 11.4. The van der Waals surface area contributed by atoms with Gasteiger partial charge in [-0.3, -0.25) is 4.79 Å². The highest BCUT2D eigenvalue weighted by Gasteiger charge is 2.00. The highest BCUT2D eigenvalue weighted by Crippen LogP contribution is 2.12. The molecule has 0 saturated heterocycles. The first-order chi connectivity index (χ1) is 7.75. The first-order valence-corrected chi connectivity index (χ1v) is 6.73. The van der Waals surface area contributed by atoms with Crippen LogP contribution in [0.15, 0.2) is 47.9 Å². The average molecular weight is 340 g/mol. The molecule has 0 spiro atoms. The summed E-state index contributed by atoms with van der Waals surface area (Å²) in [6.45, 7) is 0. The molecule has 0 atom stereocenters. The van der Waals surface area contributed by atoms with Crippen LogP contribution < -0.4 is 0 Å². The van der Waals surface area contributed by atoms with Gasteiger partial charge in [0.25, 0.3) is 0 Å². The molecule has 80 valence electrons. The summed E-state index contributed by atoms with van der Waals surface area (Å²) < 4.78 is 1.14. The van der Waals surface area contributed by atoms with Crippen molar-refractivity contribution in [2.45, 2.75) is 0 Å². The van der Waals surface area contributed by atoms with Crippen molar-refractivity contribution in [2.75, 3.05) is 0 Å². The summed E-state index contributed by atoms with van der Waals surface area (Å²) in [5, 5.41) is 2.00. The molecule has 2 rings (SSSR count). The normalized spacial score (nSPS) is 10.8. The van der Waals surface area contributed by atoms with Crippen molar-refractivity contribution < 1.29 is 4.79 Å². The number of carbonyl (C=O) groups is 1. The van der Waals surface area contributed by atoms with Gasteiger partial charge >= 0.3 is 0 Å². The Bertz CT molecular complexity index is 497. The second-order valence-electron chi connectivity index (χ2n) is 3.22. The van der Waals surface area contributed by atoms with Crippen molar-refractivity contribution in [1.82, 2.24) is 0 Å². The lowest BCUT2D eigenvalue weighted by atomic mass is 10.1. The van der Waals surface area contributed by atoms with Crippen molar-refractivity contribution >= 4 is 45.8 Å². The fraction of sp³-hybridized carbons (Fsp3) is 0. The Labute approximate surface area is 112 Å². The Balaban J connectivity index is 2.11. The predicted octanol–water partition coefficient (Wildman–Crippen LogP) is 4.25. The largest absolute Gasteiger partial charge is 0.289 e. The van der Waals surface area contributed by atoms with E-state index in [4.69, 9.17) is 0 Å². The molecule has 1 nitrogen and oxygen atoms in total. The van der Waals surface area contributed by atoms with Gasteiger partial charge in [-0.05, 0) is 58.3 Å². The number of rotatable bonds is 3. The molecule has 0 radical (unpaired) electrons. The van der Waals surface area contributed by atoms with Gasteiger partial charge in [-0.15, -0.1) is 11.3 Å². The summed E-state index contributed by atoms with van der Waals surface area (Å²) in [7, 11) is 0. The maximum absolute atomic E-state index is 11.8. The van der Waals surface area contributed by atoms with Crippen molar-refractivity contribution in [2.24, 2.45) is 0 Å². The molecule has 0 aliphatic heterocycles. The molecule has 0 aliphatic rings. The highest BCUT2D eigenvalue weighted by molar-refractivity contribution is 14.1. The van der Waals surface area contributed by atoms with E-state index in [0.29, 0.717) is 0 Å². The first kappa shape index (κ1) is 11.5. The Hall–Kier alpha value is -0.940. The zero-order valence-electron chi connectivity index (χ0n) is 8.39. The van der Waals surface area contributed by atoms with Gasteiger partial charge in [0.15, 0.2) is 5.78 Å². The summed E-state index contributed by atoms with van der Waals surface area (Å²) in [6, 6.07) is 11.5. The summed E-state index contributed by atoms with van der Waals surface area (Å²) in [5.41, 5.74) is 0.730. The van der Waals surface area contributed by atoms with Gasteiger partial charge in [-0.2, -0.15) is 0 Å². The molecule has 1 heterocycles. The Morgan fingerprint density at radius 3 is 2.56 bits per heavy atom. The van der Waals surface area contributed by atoms with Crippen LogP contribution in [0.3, 0.4) is 0 Å². The van der Waals surface area contributed by atoms with Crippen LogP contribution in [0.2, 0.25) is 0 Å². The van der Waals surface area contributed by atoms with Crippen molar-refractivity contribution in [3.63, 3.8) is 0 Å². The predicted molar refractivity (Wildman–Crippen MR) is 76.8 cm³/mol. The van der Waals surface area contributed by atoms with Crippen LogP contribution in [-0.2, 0) is 0 Å². The maximum atomic E-state index is 11.8. The minimum atomic E-state index is 0.0461. The van der Waals surface area contributed by atoms with Crippen LogP contribution in [-0.4, -0.2) is 5.78 Å². The SMILES string of the molecule is O=C(/C=C/c1cccs1)c1ccc(I)cc1. The van der Waals surface area contributed by atoms with E-state index in [1.165, 1.54) is 0 Å². The highest BCUT2D eigenvalue weighted by atomic mass is 127. The summed E-state index contributed by atoms with van der Waals surface area (Å²) in [4.78, 5) is 12.9. The molecule has 3 heteroatoms. The Morgan fingerprint density at radius 2 is 1.94 bits per heavy atom. The lowest BCUT2D eigenvalue weighted by Gasteiger charge is -1.95. The standard InChI is InChI=1S/C13H9IOS/c14-11-5-3-10(4-6-11)13(15)8-7-12-2-1-9-16-12/h1-9H/b8-7+. The van der Waals surface area contributed by atoms with E-state index in [9.17, 15) is 4.79 Å². The van der Waals surface area contributed by atoms with Crippen LogP contribution in [0.4, 0.5) is 0 Å². The average Bonchev–Trinajstić information content (AvgIpc) is 2.80. The Kier molecular flexibility index (Phi) is 3.90. The van der Waals surface area contributed by atoms with E-state index in [2.05, 4.69) is 22.6 Å². The fourth-order valence-electron chi connectivity index (χ4n) is 1.25. The summed E-state index contributed by atoms with van der Waals surface area (Å²) >= 11 is 3.84. The third-order valence-corrected chi connectivity index (χ3v) is 3.63. The first-order valence-electron chi connectivity index (χ1n) is 4.77. The molecule has 1 aromatic carbocycles. The minimum absolute atomic E-state index is 0.0461. The molecule has 1 aromatic heterocycles. The number of hydrogen-bond acceptors (Lipinski definition) is 2. The topological polar surface area (TPSA) is 17.1 Å². The van der Waals surface area contributed by atoms with Gasteiger partial charge in [0.1, 0.15) is 0 Å². The van der Waals surface area contributed by atoms with Gasteiger partial charge < -0.3 is 0 Å². The fourth-order valence-corrected chi connectivity index (χ4v) is 2.23. The van der Waals surface area contributed by atoms with Crippen LogP contribution >= 0.6 is 33.9 Å². The van der Waals surface area contributed by atoms with Gasteiger partial charge in [0.05, 0.1) is 0 Å². The monoisotopic (exact) mass is 340 g/mol. The summed E-state index contributed by atoms with van der Waals surface area (Å²) in [6.07, 6.45) is 3.47. The molecule has 2 aromatic rings. The third kappa shape index (κ3) is 3.02. The molecule has 16 heavy (non-hydrogen) atoms. The maximum Gasteiger partial charge on any atom is 0.185 e. The summed E-state index contributed by atoms with van der Waals surface area (Å²) in [5.74, 6) is 0.0461. The lowest BCUT2D eigenvalue weighted by molar-refractivity contribution is 0.104. The quantitative estimate of drug-likeness (QED) is 0.464. The number of thiophene rings is 1. The number of hydrogen-bond donors (Lipinski definition) is 0. The van der Waals surface area contributed by atoms with Gasteiger partial charge in [0.2, 0.25) is 0 Å². The van der Waals surface area contributed by atoms with Crippen molar-refractivity contribution in [3.05, 3.63) is 61.9 Å². The Morgan fingerprint density at radius 1 is 1.19 bits per heavy atom.